The summed E-state index contributed by atoms with van der Waals surface area (Å²) in [5.74, 6) is 0.0158. The predicted octanol–water partition coefficient (Wildman–Crippen LogP) is 1.50. The fraction of sp³-hybridized carbons (Fsp3) is 0.455. The molecule has 2 bridgehead atoms. The highest BCUT2D eigenvalue weighted by Gasteiger charge is 2.38. The van der Waals surface area contributed by atoms with Gasteiger partial charge in [-0.2, -0.15) is 0 Å². The largest absolute Gasteiger partial charge is 0.573 e. The number of halogens is 3. The number of nitrogens with zero attached hydrogens (tertiary/aromatic N) is 2. The zero-order chi connectivity index (χ0) is 22.3. The number of amides is 1. The zero-order valence-electron chi connectivity index (χ0n) is 17.4. The molecule has 6 nitrogen and oxygen atoms in total. The summed E-state index contributed by atoms with van der Waals surface area (Å²) in [4.78, 5) is 28.2. The van der Waals surface area contributed by atoms with Crippen LogP contribution in [-0.2, 0) is 11.3 Å². The van der Waals surface area contributed by atoms with Crippen molar-refractivity contribution >= 4 is 5.91 Å². The Kier molecular flexibility index (Phi) is 5.55. The Morgan fingerprint density at radius 2 is 1.81 bits per heavy atom. The van der Waals surface area contributed by atoms with Gasteiger partial charge >= 0.3 is 6.36 Å². The second-order valence-electron chi connectivity index (χ2n) is 8.63. The van der Waals surface area contributed by atoms with Gasteiger partial charge in [-0.15, -0.1) is 13.2 Å². The number of nitrogens with one attached hydrogen (secondary N) is 1. The number of rotatable bonds is 4. The van der Waals surface area contributed by atoms with Crippen molar-refractivity contribution in [2.45, 2.75) is 25.2 Å². The van der Waals surface area contributed by atoms with Gasteiger partial charge in [0.2, 0.25) is 0 Å². The molecule has 4 rings (SSSR count). The van der Waals surface area contributed by atoms with Crippen LogP contribution in [0, 0.1) is 5.92 Å². The van der Waals surface area contributed by atoms with Gasteiger partial charge in [0.15, 0.2) is 6.54 Å². The Morgan fingerprint density at radius 1 is 1.10 bits per heavy atom. The van der Waals surface area contributed by atoms with Gasteiger partial charge < -0.3 is 19.1 Å². The van der Waals surface area contributed by atoms with Crippen LogP contribution in [0.3, 0.4) is 0 Å². The number of likely N-dealkylation sites (tertiary alicyclic amines) is 1. The molecular weight excluding hydrogens is 411 g/mol. The van der Waals surface area contributed by atoms with E-state index in [2.05, 4.69) is 4.74 Å². The number of hydrogen-bond donors (Lipinski definition) is 1. The SMILES string of the molecule is C[NH+](C)CC(=O)N1C[C@@H]2C[C@H](C1)c1c(-c3ccc(OC(F)(F)F)cc3)ccc(=O)n1C2. The lowest BCUT2D eigenvalue weighted by molar-refractivity contribution is -0.849. The zero-order valence-corrected chi connectivity index (χ0v) is 17.4. The van der Waals surface area contributed by atoms with Crippen LogP contribution >= 0.6 is 0 Å². The lowest BCUT2D eigenvalue weighted by Crippen LogP contribution is -3.07. The summed E-state index contributed by atoms with van der Waals surface area (Å²) in [6.45, 7) is 2.12. The van der Waals surface area contributed by atoms with Crippen molar-refractivity contribution in [3.05, 3.63) is 52.4 Å². The second-order valence-corrected chi connectivity index (χ2v) is 8.63. The fourth-order valence-electron chi connectivity index (χ4n) is 4.71. The second kappa shape index (κ2) is 8.03. The van der Waals surface area contributed by atoms with Crippen LogP contribution in [0.5, 0.6) is 5.75 Å². The number of ether oxygens (including phenoxy) is 1. The number of pyridine rings is 1. The van der Waals surface area contributed by atoms with Gasteiger partial charge in [-0.05, 0) is 36.1 Å². The van der Waals surface area contributed by atoms with Gasteiger partial charge in [0.1, 0.15) is 5.75 Å². The summed E-state index contributed by atoms with van der Waals surface area (Å²) < 4.78 is 43.1. The van der Waals surface area contributed by atoms with Crippen LogP contribution in [0.15, 0.2) is 41.2 Å². The first kappa shape index (κ1) is 21.4. The van der Waals surface area contributed by atoms with Gasteiger partial charge in [-0.3, -0.25) is 9.59 Å². The normalized spacial score (nSPS) is 20.5. The molecule has 2 atom stereocenters. The van der Waals surface area contributed by atoms with E-state index in [4.69, 9.17) is 0 Å². The number of benzene rings is 1. The van der Waals surface area contributed by atoms with Crippen LogP contribution in [0.25, 0.3) is 11.1 Å². The summed E-state index contributed by atoms with van der Waals surface area (Å²) in [5, 5.41) is 0. The standard InChI is InChI=1S/C22H24F3N3O3/c1-26(2)13-20(30)27-10-14-9-16(12-27)21-18(7-8-19(29)28(21)11-14)15-3-5-17(6-4-15)31-22(23,24)25/h3-8,14,16H,9-13H2,1-2H3/p+1/t14-,16+/m0/s1. The van der Waals surface area contributed by atoms with E-state index in [1.807, 2.05) is 19.0 Å². The maximum Gasteiger partial charge on any atom is 0.573 e. The predicted molar refractivity (Wildman–Crippen MR) is 108 cm³/mol. The molecule has 1 saturated heterocycles. The van der Waals surface area contributed by atoms with Crippen molar-refractivity contribution in [3.63, 3.8) is 0 Å². The lowest BCUT2D eigenvalue weighted by Gasteiger charge is -2.43. The Labute approximate surface area is 177 Å². The van der Waals surface area contributed by atoms with Crippen molar-refractivity contribution < 1.29 is 27.6 Å². The van der Waals surface area contributed by atoms with E-state index in [-0.39, 0.29) is 29.1 Å². The van der Waals surface area contributed by atoms with Crippen LogP contribution in [0.4, 0.5) is 13.2 Å². The van der Waals surface area contributed by atoms with Crippen molar-refractivity contribution in [2.24, 2.45) is 5.92 Å². The summed E-state index contributed by atoms with van der Waals surface area (Å²) in [6.07, 6.45) is -3.87. The quantitative estimate of drug-likeness (QED) is 0.791. The molecule has 2 aliphatic rings. The molecule has 166 valence electrons. The molecular formula is C22H25F3N3O3+. The Bertz CT molecular complexity index is 1030. The van der Waals surface area contributed by atoms with Crippen molar-refractivity contribution in [2.75, 3.05) is 33.7 Å². The Hall–Kier alpha value is -2.81. The average molecular weight is 436 g/mol. The minimum atomic E-state index is -4.75. The maximum absolute atomic E-state index is 12.7. The van der Waals surface area contributed by atoms with Crippen molar-refractivity contribution in [1.29, 1.82) is 0 Å². The number of quaternary nitrogens is 1. The van der Waals surface area contributed by atoms with E-state index >= 15 is 0 Å². The van der Waals surface area contributed by atoms with Crippen LogP contribution in [0.2, 0.25) is 0 Å². The minimum Gasteiger partial charge on any atom is -0.406 e. The monoisotopic (exact) mass is 436 g/mol. The molecule has 2 aliphatic heterocycles. The molecule has 0 aliphatic carbocycles. The highest BCUT2D eigenvalue weighted by atomic mass is 19.4. The molecule has 1 fully saturated rings. The third-order valence-corrected chi connectivity index (χ3v) is 5.85. The molecule has 1 aromatic heterocycles. The van der Waals surface area contributed by atoms with Crippen molar-refractivity contribution in [1.82, 2.24) is 9.47 Å². The van der Waals surface area contributed by atoms with E-state index in [0.717, 1.165) is 22.6 Å². The minimum absolute atomic E-state index is 0.00335. The third kappa shape index (κ3) is 4.61. The molecule has 0 unspecified atom stereocenters. The first-order chi connectivity index (χ1) is 14.6. The number of likely N-dealkylation sites (N-methyl/N-ethyl adjacent to an activating group) is 1. The van der Waals surface area contributed by atoms with Crippen LogP contribution in [-0.4, -0.2) is 55.5 Å². The first-order valence-electron chi connectivity index (χ1n) is 10.3. The number of carbonyl (C=O) groups excluding carboxylic acids is 1. The smallest absolute Gasteiger partial charge is 0.406 e. The van der Waals surface area contributed by atoms with Crippen LogP contribution in [0.1, 0.15) is 18.0 Å². The molecule has 1 amide bonds. The molecule has 1 aromatic carbocycles. The molecule has 9 heteroatoms. The topological polar surface area (TPSA) is 56.0 Å². The fourth-order valence-corrected chi connectivity index (χ4v) is 4.71. The van der Waals surface area contributed by atoms with Gasteiger partial charge in [0.05, 0.1) is 14.1 Å². The molecule has 0 radical (unpaired) electrons. The van der Waals surface area contributed by atoms with E-state index in [1.54, 1.807) is 22.8 Å². The summed E-state index contributed by atoms with van der Waals surface area (Å²) in [7, 11) is 3.86. The summed E-state index contributed by atoms with van der Waals surface area (Å²) >= 11 is 0. The van der Waals surface area contributed by atoms with E-state index in [0.29, 0.717) is 31.7 Å². The number of aromatic nitrogens is 1. The van der Waals surface area contributed by atoms with Crippen molar-refractivity contribution in [3.8, 4) is 16.9 Å². The number of alkyl halides is 3. The van der Waals surface area contributed by atoms with E-state index < -0.39 is 6.36 Å². The molecule has 2 aromatic rings. The molecule has 3 heterocycles. The maximum atomic E-state index is 12.7. The molecule has 0 saturated carbocycles. The Morgan fingerprint density at radius 3 is 2.45 bits per heavy atom. The number of fused-ring (bicyclic) bond motifs is 4. The first-order valence-corrected chi connectivity index (χ1v) is 10.3. The van der Waals surface area contributed by atoms with Gasteiger partial charge in [-0.1, -0.05) is 12.1 Å². The highest BCUT2D eigenvalue weighted by molar-refractivity contribution is 5.77. The number of hydrogen-bond acceptors (Lipinski definition) is 3. The van der Waals surface area contributed by atoms with Gasteiger partial charge in [-0.25, -0.2) is 0 Å². The molecule has 1 N–H and O–H groups in total. The summed E-state index contributed by atoms with van der Waals surface area (Å²) in [6, 6.07) is 8.89. The lowest BCUT2D eigenvalue weighted by atomic mass is 9.80. The summed E-state index contributed by atoms with van der Waals surface area (Å²) in [5.41, 5.74) is 2.26. The van der Waals surface area contributed by atoms with Gasteiger partial charge in [0, 0.05) is 42.9 Å². The van der Waals surface area contributed by atoms with E-state index in [1.165, 1.54) is 18.2 Å². The number of carbonyl (C=O) groups is 1. The molecule has 0 spiro atoms. The van der Waals surface area contributed by atoms with E-state index in [9.17, 15) is 22.8 Å². The molecule has 31 heavy (non-hydrogen) atoms. The number of piperidine rings is 1. The van der Waals surface area contributed by atoms with Crippen LogP contribution < -0.4 is 15.2 Å². The third-order valence-electron chi connectivity index (χ3n) is 5.85. The average Bonchev–Trinajstić information content (AvgIpc) is 2.67. The highest BCUT2D eigenvalue weighted by Crippen LogP contribution is 2.40. The Balaban J connectivity index is 1.67. The van der Waals surface area contributed by atoms with Gasteiger partial charge in [0.25, 0.3) is 11.5 Å².